The molecule has 0 atom stereocenters. The largest absolute Gasteiger partial charge is 0.494 e. The Bertz CT molecular complexity index is 326. The maximum atomic E-state index is 8.78. The number of aliphatic hydroxyl groups excluding tert-OH is 1. The van der Waals surface area contributed by atoms with Gasteiger partial charge in [0.15, 0.2) is 0 Å². The van der Waals surface area contributed by atoms with Crippen molar-refractivity contribution >= 4 is 5.69 Å². The highest BCUT2D eigenvalue weighted by molar-refractivity contribution is 5.52. The molecule has 0 bridgehead atoms. The van der Waals surface area contributed by atoms with E-state index in [0.29, 0.717) is 6.61 Å². The van der Waals surface area contributed by atoms with Gasteiger partial charge in [0.25, 0.3) is 0 Å². The second-order valence-corrected chi connectivity index (χ2v) is 3.88. The number of aryl methyl sites for hydroxylation is 1. The third-order valence-electron chi connectivity index (χ3n) is 2.55. The molecule has 0 aliphatic carbocycles. The topological polar surface area (TPSA) is 32.7 Å². The summed E-state index contributed by atoms with van der Waals surface area (Å²) in [4.78, 5) is 2.14. The van der Waals surface area contributed by atoms with Crippen LogP contribution in [0.3, 0.4) is 0 Å². The normalized spacial score (nSPS) is 10.2. The van der Waals surface area contributed by atoms with Gasteiger partial charge in [0.1, 0.15) is 5.75 Å². The highest BCUT2D eigenvalue weighted by Gasteiger charge is 2.04. The van der Waals surface area contributed by atoms with E-state index in [-0.39, 0.29) is 6.61 Å². The molecule has 0 aliphatic rings. The second-order valence-electron chi connectivity index (χ2n) is 3.88. The van der Waals surface area contributed by atoms with E-state index < -0.39 is 0 Å². The Morgan fingerprint density at radius 2 is 2.12 bits per heavy atom. The molecule has 1 aromatic carbocycles. The molecule has 0 amide bonds. The maximum absolute atomic E-state index is 8.78. The molecule has 90 valence electrons. The van der Waals surface area contributed by atoms with Gasteiger partial charge in [-0.2, -0.15) is 0 Å². The second kappa shape index (κ2) is 6.38. The predicted molar refractivity (Wildman–Crippen MR) is 67.3 cm³/mol. The van der Waals surface area contributed by atoms with Crippen LogP contribution in [0.15, 0.2) is 18.2 Å². The smallest absolute Gasteiger partial charge is 0.122 e. The van der Waals surface area contributed by atoms with Crippen molar-refractivity contribution in [2.75, 3.05) is 31.7 Å². The van der Waals surface area contributed by atoms with Crippen LogP contribution < -0.4 is 9.64 Å². The number of aliphatic hydroxyl groups is 1. The monoisotopic (exact) mass is 223 g/mol. The molecule has 0 fully saturated rings. The van der Waals surface area contributed by atoms with E-state index in [0.717, 1.165) is 30.0 Å². The number of nitrogens with zero attached hydrogens (tertiary/aromatic N) is 1. The summed E-state index contributed by atoms with van der Waals surface area (Å²) in [6.45, 7) is 5.83. The van der Waals surface area contributed by atoms with E-state index in [2.05, 4.69) is 17.0 Å². The van der Waals surface area contributed by atoms with E-state index in [1.165, 1.54) is 0 Å². The molecule has 0 saturated carbocycles. The molecule has 0 spiro atoms. The quantitative estimate of drug-likeness (QED) is 0.802. The van der Waals surface area contributed by atoms with Crippen LogP contribution in [0.1, 0.15) is 18.9 Å². The molecule has 0 heterocycles. The van der Waals surface area contributed by atoms with Gasteiger partial charge in [-0.25, -0.2) is 0 Å². The molecule has 0 aromatic heterocycles. The SMILES string of the molecule is CCOc1ccc(N(C)CCCO)cc1C. The van der Waals surface area contributed by atoms with Gasteiger partial charge < -0.3 is 14.7 Å². The van der Waals surface area contributed by atoms with Gasteiger partial charge in [-0.05, 0) is 44.0 Å². The van der Waals surface area contributed by atoms with Gasteiger partial charge >= 0.3 is 0 Å². The summed E-state index contributed by atoms with van der Waals surface area (Å²) in [6, 6.07) is 6.17. The van der Waals surface area contributed by atoms with Gasteiger partial charge in [-0.1, -0.05) is 0 Å². The molecule has 0 saturated heterocycles. The molecule has 3 heteroatoms. The van der Waals surface area contributed by atoms with Crippen molar-refractivity contribution in [3.05, 3.63) is 23.8 Å². The van der Waals surface area contributed by atoms with Crippen molar-refractivity contribution in [2.24, 2.45) is 0 Å². The van der Waals surface area contributed by atoms with Crippen molar-refractivity contribution in [2.45, 2.75) is 20.3 Å². The zero-order valence-corrected chi connectivity index (χ0v) is 10.4. The first-order chi connectivity index (χ1) is 7.69. The van der Waals surface area contributed by atoms with Crippen molar-refractivity contribution in [3.63, 3.8) is 0 Å². The molecule has 1 aromatic rings. The number of hydrogen-bond acceptors (Lipinski definition) is 3. The molecule has 3 nitrogen and oxygen atoms in total. The molecule has 1 rings (SSSR count). The van der Waals surface area contributed by atoms with Gasteiger partial charge in [-0.15, -0.1) is 0 Å². The molecular weight excluding hydrogens is 202 g/mol. The standard InChI is InChI=1S/C13H21NO2/c1-4-16-13-7-6-12(10-11(13)2)14(3)8-5-9-15/h6-7,10,15H,4-5,8-9H2,1-3H3. The van der Waals surface area contributed by atoms with Crippen molar-refractivity contribution < 1.29 is 9.84 Å². The Labute approximate surface area is 97.7 Å². The number of anilines is 1. The summed E-state index contributed by atoms with van der Waals surface area (Å²) in [5, 5.41) is 8.78. The first-order valence-corrected chi connectivity index (χ1v) is 5.74. The minimum atomic E-state index is 0.236. The van der Waals surface area contributed by atoms with Crippen LogP contribution >= 0.6 is 0 Å². The van der Waals surface area contributed by atoms with Gasteiger partial charge in [0, 0.05) is 25.9 Å². The summed E-state index contributed by atoms with van der Waals surface area (Å²) in [6.07, 6.45) is 0.794. The van der Waals surface area contributed by atoms with Crippen molar-refractivity contribution in [1.82, 2.24) is 0 Å². The molecule has 0 aliphatic heterocycles. The molecule has 0 unspecified atom stereocenters. The van der Waals surface area contributed by atoms with E-state index in [4.69, 9.17) is 9.84 Å². The first-order valence-electron chi connectivity index (χ1n) is 5.74. The summed E-state index contributed by atoms with van der Waals surface area (Å²) < 4.78 is 5.49. The maximum Gasteiger partial charge on any atom is 0.122 e. The lowest BCUT2D eigenvalue weighted by atomic mass is 10.2. The van der Waals surface area contributed by atoms with E-state index >= 15 is 0 Å². The van der Waals surface area contributed by atoms with Crippen LogP contribution in [0, 0.1) is 6.92 Å². The van der Waals surface area contributed by atoms with E-state index in [1.54, 1.807) is 0 Å². The molecular formula is C13H21NO2. The fourth-order valence-corrected chi connectivity index (χ4v) is 1.63. The number of benzene rings is 1. The van der Waals surface area contributed by atoms with Gasteiger partial charge in [-0.3, -0.25) is 0 Å². The minimum absolute atomic E-state index is 0.236. The fraction of sp³-hybridized carbons (Fsp3) is 0.538. The van der Waals surface area contributed by atoms with Gasteiger partial charge in [0.05, 0.1) is 6.61 Å². The Morgan fingerprint density at radius 3 is 2.69 bits per heavy atom. The molecule has 0 radical (unpaired) electrons. The van der Waals surface area contributed by atoms with Crippen molar-refractivity contribution in [1.29, 1.82) is 0 Å². The lowest BCUT2D eigenvalue weighted by Crippen LogP contribution is -2.19. The van der Waals surface area contributed by atoms with E-state index in [1.807, 2.05) is 27.0 Å². The van der Waals surface area contributed by atoms with Crippen LogP contribution in [0.25, 0.3) is 0 Å². The summed E-state index contributed by atoms with van der Waals surface area (Å²) in [7, 11) is 2.03. The highest BCUT2D eigenvalue weighted by atomic mass is 16.5. The Hall–Kier alpha value is -1.22. The Morgan fingerprint density at radius 1 is 1.38 bits per heavy atom. The predicted octanol–water partition coefficient (Wildman–Crippen LogP) is 2.21. The number of ether oxygens (including phenoxy) is 1. The number of hydrogen-bond donors (Lipinski definition) is 1. The third kappa shape index (κ3) is 3.42. The number of rotatable bonds is 6. The first kappa shape index (κ1) is 12.8. The van der Waals surface area contributed by atoms with Crippen LogP contribution in [-0.4, -0.2) is 31.9 Å². The molecule has 1 N–H and O–H groups in total. The van der Waals surface area contributed by atoms with Crippen molar-refractivity contribution in [3.8, 4) is 5.75 Å². The Kier molecular flexibility index (Phi) is 5.12. The zero-order chi connectivity index (χ0) is 12.0. The lowest BCUT2D eigenvalue weighted by molar-refractivity contribution is 0.290. The van der Waals surface area contributed by atoms with Crippen LogP contribution in [0.5, 0.6) is 5.75 Å². The summed E-state index contributed by atoms with van der Waals surface area (Å²) in [5.74, 6) is 0.946. The third-order valence-corrected chi connectivity index (χ3v) is 2.55. The van der Waals surface area contributed by atoms with Crippen LogP contribution in [0.2, 0.25) is 0 Å². The van der Waals surface area contributed by atoms with E-state index in [9.17, 15) is 0 Å². The van der Waals surface area contributed by atoms with Crippen LogP contribution in [-0.2, 0) is 0 Å². The fourth-order valence-electron chi connectivity index (χ4n) is 1.63. The van der Waals surface area contributed by atoms with Gasteiger partial charge in [0.2, 0.25) is 0 Å². The highest BCUT2D eigenvalue weighted by Crippen LogP contribution is 2.23. The zero-order valence-electron chi connectivity index (χ0n) is 10.4. The lowest BCUT2D eigenvalue weighted by Gasteiger charge is -2.20. The Balaban J connectivity index is 2.71. The average Bonchev–Trinajstić information content (AvgIpc) is 2.29. The average molecular weight is 223 g/mol. The van der Waals surface area contributed by atoms with Crippen LogP contribution in [0.4, 0.5) is 5.69 Å². The summed E-state index contributed by atoms with van der Waals surface area (Å²) in [5.41, 5.74) is 2.31. The minimum Gasteiger partial charge on any atom is -0.494 e. The molecule has 16 heavy (non-hydrogen) atoms. The summed E-state index contributed by atoms with van der Waals surface area (Å²) >= 11 is 0.